The minimum Gasteiger partial charge on any atom is -0.383 e. The van der Waals surface area contributed by atoms with E-state index in [0.29, 0.717) is 11.1 Å². The number of hydrogen-bond donors (Lipinski definition) is 2. The molecule has 1 aliphatic carbocycles. The maximum atomic E-state index is 12.5. The first-order valence-corrected chi connectivity index (χ1v) is 9.70. The highest BCUT2D eigenvalue weighted by Gasteiger charge is 2.45. The van der Waals surface area contributed by atoms with Crippen LogP contribution in [0.1, 0.15) is 35.7 Å². The van der Waals surface area contributed by atoms with Gasteiger partial charge in [0.15, 0.2) is 5.78 Å². The number of nitrogens with one attached hydrogen (secondary N) is 1. The Bertz CT molecular complexity index is 858. The number of carbonyl (C=O) groups is 1. The van der Waals surface area contributed by atoms with Gasteiger partial charge in [-0.15, -0.1) is 0 Å². The van der Waals surface area contributed by atoms with Gasteiger partial charge in [-0.2, -0.15) is 0 Å². The Morgan fingerprint density at radius 3 is 2.24 bits per heavy atom. The highest BCUT2D eigenvalue weighted by molar-refractivity contribution is 7.89. The molecule has 2 aromatic carbocycles. The van der Waals surface area contributed by atoms with Gasteiger partial charge in [-0.3, -0.25) is 4.79 Å². The van der Waals surface area contributed by atoms with Gasteiger partial charge in [0.25, 0.3) is 0 Å². The SMILES string of the molecule is CC(=O)c1ccc(S(=O)(=O)NCC(O)(c2ccccc2)C2CC2)cc1. The summed E-state index contributed by atoms with van der Waals surface area (Å²) < 4.78 is 27.6. The van der Waals surface area contributed by atoms with E-state index in [1.54, 1.807) is 0 Å². The van der Waals surface area contributed by atoms with Gasteiger partial charge in [-0.25, -0.2) is 13.1 Å². The molecule has 0 aliphatic heterocycles. The summed E-state index contributed by atoms with van der Waals surface area (Å²) in [5, 5.41) is 11.1. The van der Waals surface area contributed by atoms with Crippen molar-refractivity contribution < 1.29 is 18.3 Å². The van der Waals surface area contributed by atoms with Crippen molar-refractivity contribution in [1.82, 2.24) is 4.72 Å². The highest BCUT2D eigenvalue weighted by Crippen LogP contribution is 2.45. The van der Waals surface area contributed by atoms with Crippen LogP contribution in [0.25, 0.3) is 0 Å². The molecule has 0 amide bonds. The molecule has 2 N–H and O–H groups in total. The first-order chi connectivity index (χ1) is 11.8. The molecule has 1 aliphatic rings. The molecule has 0 bridgehead atoms. The molecule has 1 fully saturated rings. The number of ketones is 1. The van der Waals surface area contributed by atoms with Gasteiger partial charge in [0.2, 0.25) is 10.0 Å². The Kier molecular flexibility index (Phi) is 4.77. The number of hydrogen-bond acceptors (Lipinski definition) is 4. The molecule has 0 saturated heterocycles. The minimum absolute atomic E-state index is 0.0534. The van der Waals surface area contributed by atoms with Crippen LogP contribution < -0.4 is 4.72 Å². The van der Waals surface area contributed by atoms with Crippen LogP contribution in [0, 0.1) is 5.92 Å². The normalized spacial score (nSPS) is 17.0. The van der Waals surface area contributed by atoms with Crippen molar-refractivity contribution in [1.29, 1.82) is 0 Å². The average molecular weight is 359 g/mol. The predicted octanol–water partition coefficient (Wildman–Crippen LogP) is 2.47. The summed E-state index contributed by atoms with van der Waals surface area (Å²) in [6.45, 7) is 1.34. The van der Waals surface area contributed by atoms with E-state index >= 15 is 0 Å². The molecule has 0 spiro atoms. The predicted molar refractivity (Wildman–Crippen MR) is 94.7 cm³/mol. The van der Waals surface area contributed by atoms with E-state index < -0.39 is 15.6 Å². The summed E-state index contributed by atoms with van der Waals surface area (Å²) in [4.78, 5) is 11.4. The topological polar surface area (TPSA) is 83.5 Å². The number of Topliss-reactive ketones (excluding diaryl/α,β-unsaturated/α-hetero) is 1. The fourth-order valence-corrected chi connectivity index (χ4v) is 4.00. The van der Waals surface area contributed by atoms with Crippen LogP contribution in [0.3, 0.4) is 0 Å². The van der Waals surface area contributed by atoms with Crippen molar-refractivity contribution in [2.45, 2.75) is 30.3 Å². The fraction of sp³-hybridized carbons (Fsp3) is 0.316. The molecule has 25 heavy (non-hydrogen) atoms. The summed E-state index contributed by atoms with van der Waals surface area (Å²) in [5.41, 5.74) is -0.0435. The summed E-state index contributed by atoms with van der Waals surface area (Å²) in [7, 11) is -3.77. The largest absolute Gasteiger partial charge is 0.383 e. The monoisotopic (exact) mass is 359 g/mol. The van der Waals surface area contributed by atoms with Crippen LogP contribution in [-0.2, 0) is 15.6 Å². The van der Waals surface area contributed by atoms with Crippen LogP contribution in [0.2, 0.25) is 0 Å². The van der Waals surface area contributed by atoms with E-state index in [1.807, 2.05) is 30.3 Å². The van der Waals surface area contributed by atoms with E-state index in [9.17, 15) is 18.3 Å². The lowest BCUT2D eigenvalue weighted by molar-refractivity contribution is 0.0185. The fourth-order valence-electron chi connectivity index (χ4n) is 2.93. The van der Waals surface area contributed by atoms with Crippen molar-refractivity contribution in [2.24, 2.45) is 5.92 Å². The average Bonchev–Trinajstić information content (AvgIpc) is 3.46. The second kappa shape index (κ2) is 6.71. The van der Waals surface area contributed by atoms with E-state index in [1.165, 1.54) is 31.2 Å². The molecule has 0 aromatic heterocycles. The lowest BCUT2D eigenvalue weighted by Crippen LogP contribution is -2.42. The second-order valence-electron chi connectivity index (χ2n) is 6.47. The Morgan fingerprint density at radius 1 is 1.12 bits per heavy atom. The molecule has 1 saturated carbocycles. The van der Waals surface area contributed by atoms with E-state index in [2.05, 4.69) is 4.72 Å². The number of benzene rings is 2. The van der Waals surface area contributed by atoms with Crippen molar-refractivity contribution in [3.8, 4) is 0 Å². The van der Waals surface area contributed by atoms with Crippen LogP contribution in [0.15, 0.2) is 59.5 Å². The molecular formula is C19H21NO4S. The van der Waals surface area contributed by atoms with Crippen molar-refractivity contribution in [2.75, 3.05) is 6.54 Å². The van der Waals surface area contributed by atoms with Crippen LogP contribution in [-0.4, -0.2) is 25.9 Å². The molecule has 2 aromatic rings. The third kappa shape index (κ3) is 3.81. The van der Waals surface area contributed by atoms with Crippen LogP contribution >= 0.6 is 0 Å². The molecule has 1 unspecified atom stereocenters. The zero-order chi connectivity index (χ0) is 18.1. The summed E-state index contributed by atoms with van der Waals surface area (Å²) in [6, 6.07) is 14.9. The van der Waals surface area contributed by atoms with Crippen molar-refractivity contribution in [3.05, 3.63) is 65.7 Å². The van der Waals surface area contributed by atoms with Gasteiger partial charge in [-0.1, -0.05) is 42.5 Å². The van der Waals surface area contributed by atoms with E-state index in [0.717, 1.165) is 12.8 Å². The lowest BCUT2D eigenvalue weighted by Gasteiger charge is -2.29. The summed E-state index contributed by atoms with van der Waals surface area (Å²) in [5.74, 6) is -0.0678. The van der Waals surface area contributed by atoms with Crippen LogP contribution in [0.4, 0.5) is 0 Å². The van der Waals surface area contributed by atoms with Gasteiger partial charge in [0.1, 0.15) is 5.60 Å². The number of aliphatic hydroxyl groups is 1. The second-order valence-corrected chi connectivity index (χ2v) is 8.24. The molecule has 3 rings (SSSR count). The molecule has 0 radical (unpaired) electrons. The van der Waals surface area contributed by atoms with E-state index in [-0.39, 0.29) is 23.1 Å². The lowest BCUT2D eigenvalue weighted by atomic mass is 9.89. The highest BCUT2D eigenvalue weighted by atomic mass is 32.2. The maximum absolute atomic E-state index is 12.5. The standard InChI is InChI=1S/C19H21NO4S/c1-14(21)15-7-11-18(12-8-15)25(23,24)20-13-19(22,17-9-10-17)16-5-3-2-4-6-16/h2-8,11-12,17,20,22H,9-10,13H2,1H3. The Labute approximate surface area is 147 Å². The summed E-state index contributed by atoms with van der Waals surface area (Å²) in [6.07, 6.45) is 1.75. The number of sulfonamides is 1. The number of rotatable bonds is 7. The van der Waals surface area contributed by atoms with Gasteiger partial charge in [-0.05, 0) is 43.4 Å². The molecule has 1 atom stereocenters. The third-order valence-corrected chi connectivity index (χ3v) is 6.05. The zero-order valence-electron chi connectivity index (χ0n) is 14.0. The molecular weight excluding hydrogens is 338 g/mol. The van der Waals surface area contributed by atoms with Gasteiger partial charge in [0.05, 0.1) is 4.90 Å². The molecule has 5 nitrogen and oxygen atoms in total. The smallest absolute Gasteiger partial charge is 0.240 e. The summed E-state index contributed by atoms with van der Waals surface area (Å²) >= 11 is 0. The number of carbonyl (C=O) groups excluding carboxylic acids is 1. The van der Waals surface area contributed by atoms with Crippen molar-refractivity contribution in [3.63, 3.8) is 0 Å². The molecule has 6 heteroatoms. The molecule has 0 heterocycles. The maximum Gasteiger partial charge on any atom is 0.240 e. The quantitative estimate of drug-likeness (QED) is 0.744. The van der Waals surface area contributed by atoms with Gasteiger partial charge >= 0.3 is 0 Å². The first kappa shape index (κ1) is 17.8. The third-order valence-electron chi connectivity index (χ3n) is 4.63. The van der Waals surface area contributed by atoms with Crippen LogP contribution in [0.5, 0.6) is 0 Å². The Balaban J connectivity index is 1.79. The first-order valence-electron chi connectivity index (χ1n) is 8.21. The van der Waals surface area contributed by atoms with Crippen molar-refractivity contribution >= 4 is 15.8 Å². The Hall–Kier alpha value is -2.02. The van der Waals surface area contributed by atoms with E-state index in [4.69, 9.17) is 0 Å². The van der Waals surface area contributed by atoms with Gasteiger partial charge in [0, 0.05) is 12.1 Å². The van der Waals surface area contributed by atoms with Gasteiger partial charge < -0.3 is 5.11 Å². The minimum atomic E-state index is -3.77. The Morgan fingerprint density at radius 2 is 1.72 bits per heavy atom. The zero-order valence-corrected chi connectivity index (χ0v) is 14.8. The molecule has 132 valence electrons.